The van der Waals surface area contributed by atoms with E-state index in [-0.39, 0.29) is 17.9 Å². The van der Waals surface area contributed by atoms with Crippen LogP contribution in [-0.2, 0) is 9.53 Å². The van der Waals surface area contributed by atoms with E-state index in [0.29, 0.717) is 6.61 Å². The fourth-order valence-corrected chi connectivity index (χ4v) is 1.79. The van der Waals surface area contributed by atoms with Crippen molar-refractivity contribution < 1.29 is 9.53 Å². The van der Waals surface area contributed by atoms with Crippen molar-refractivity contribution in [2.45, 2.75) is 38.6 Å². The molecule has 0 aromatic carbocycles. The van der Waals surface area contributed by atoms with Crippen LogP contribution in [0.3, 0.4) is 0 Å². The van der Waals surface area contributed by atoms with Crippen LogP contribution in [-0.4, -0.2) is 18.6 Å². The zero-order valence-corrected chi connectivity index (χ0v) is 7.95. The Morgan fingerprint density at radius 2 is 2.23 bits per heavy atom. The van der Waals surface area contributed by atoms with E-state index in [0.717, 1.165) is 25.7 Å². The Morgan fingerprint density at radius 1 is 1.54 bits per heavy atom. The standard InChI is InChI=1S/C10H15NO2/c1-3-13-10(12)8-6-4-5-7-9(8)11-2/h8-9H,3-7H2,1H3/t8-,9-/m1/s1. The summed E-state index contributed by atoms with van der Waals surface area (Å²) < 4.78 is 4.93. The highest BCUT2D eigenvalue weighted by Gasteiger charge is 2.36. The normalized spacial score (nSPS) is 27.7. The van der Waals surface area contributed by atoms with Crippen LogP contribution >= 0.6 is 0 Å². The van der Waals surface area contributed by atoms with E-state index in [4.69, 9.17) is 11.3 Å². The lowest BCUT2D eigenvalue weighted by molar-refractivity contribution is -0.149. The van der Waals surface area contributed by atoms with Gasteiger partial charge in [-0.3, -0.25) is 4.79 Å². The Balaban J connectivity index is 2.54. The summed E-state index contributed by atoms with van der Waals surface area (Å²) in [5, 5.41) is 0. The highest BCUT2D eigenvalue weighted by molar-refractivity contribution is 5.73. The van der Waals surface area contributed by atoms with E-state index in [1.54, 1.807) is 6.92 Å². The number of ether oxygens (including phenoxy) is 1. The van der Waals surface area contributed by atoms with E-state index in [9.17, 15) is 4.79 Å². The summed E-state index contributed by atoms with van der Waals surface area (Å²) in [7, 11) is 0. The van der Waals surface area contributed by atoms with Crippen LogP contribution in [0.1, 0.15) is 32.6 Å². The van der Waals surface area contributed by atoms with Gasteiger partial charge < -0.3 is 9.58 Å². The van der Waals surface area contributed by atoms with E-state index >= 15 is 0 Å². The third-order valence-corrected chi connectivity index (χ3v) is 2.48. The van der Waals surface area contributed by atoms with E-state index in [1.165, 1.54) is 0 Å². The van der Waals surface area contributed by atoms with Crippen molar-refractivity contribution in [3.8, 4) is 0 Å². The van der Waals surface area contributed by atoms with Crippen molar-refractivity contribution in [3.63, 3.8) is 0 Å². The van der Waals surface area contributed by atoms with Crippen molar-refractivity contribution in [3.05, 3.63) is 11.4 Å². The third-order valence-electron chi connectivity index (χ3n) is 2.48. The molecule has 0 radical (unpaired) electrons. The summed E-state index contributed by atoms with van der Waals surface area (Å²) in [6.07, 6.45) is 3.80. The van der Waals surface area contributed by atoms with Gasteiger partial charge in [0.2, 0.25) is 6.04 Å². The number of hydrogen-bond acceptors (Lipinski definition) is 2. The molecule has 2 atom stereocenters. The van der Waals surface area contributed by atoms with Gasteiger partial charge in [0.15, 0.2) is 0 Å². The second kappa shape index (κ2) is 4.86. The summed E-state index contributed by atoms with van der Waals surface area (Å²) in [4.78, 5) is 14.9. The first-order valence-electron chi connectivity index (χ1n) is 4.82. The van der Waals surface area contributed by atoms with Crippen molar-refractivity contribution in [2.24, 2.45) is 5.92 Å². The van der Waals surface area contributed by atoms with Gasteiger partial charge in [-0.05, 0) is 19.8 Å². The SMILES string of the molecule is [C-]#[N+][C@@H]1CCCC[C@H]1C(=O)OCC. The Labute approximate surface area is 78.9 Å². The molecule has 3 nitrogen and oxygen atoms in total. The second-order valence-corrected chi connectivity index (χ2v) is 3.34. The maximum atomic E-state index is 11.4. The molecule has 0 aromatic heterocycles. The third kappa shape index (κ3) is 2.45. The lowest BCUT2D eigenvalue weighted by Gasteiger charge is -2.21. The highest BCUT2D eigenvalue weighted by atomic mass is 16.5. The molecule has 0 heterocycles. The Morgan fingerprint density at radius 3 is 2.85 bits per heavy atom. The molecule has 0 N–H and O–H groups in total. The van der Waals surface area contributed by atoms with Gasteiger partial charge in [0.05, 0.1) is 6.61 Å². The number of nitrogens with zero attached hydrogens (tertiary/aromatic N) is 1. The molecule has 1 aliphatic rings. The predicted molar refractivity (Wildman–Crippen MR) is 49.0 cm³/mol. The molecule has 3 heteroatoms. The number of rotatable bonds is 2. The molecule has 0 aromatic rings. The van der Waals surface area contributed by atoms with Gasteiger partial charge in [-0.15, -0.1) is 0 Å². The maximum Gasteiger partial charge on any atom is 0.316 e. The van der Waals surface area contributed by atoms with E-state index in [1.807, 2.05) is 0 Å². The molecule has 0 saturated heterocycles. The molecule has 1 rings (SSSR count). The van der Waals surface area contributed by atoms with Crippen LogP contribution in [0.25, 0.3) is 4.85 Å². The minimum absolute atomic E-state index is 0.132. The Bertz CT molecular complexity index is 219. The first-order chi connectivity index (χ1) is 6.29. The lowest BCUT2D eigenvalue weighted by Crippen LogP contribution is -2.30. The average Bonchev–Trinajstić information content (AvgIpc) is 2.18. The van der Waals surface area contributed by atoms with Gasteiger partial charge in [0, 0.05) is 6.42 Å². The molecular weight excluding hydrogens is 166 g/mol. The quantitative estimate of drug-likeness (QED) is 0.482. The molecule has 0 unspecified atom stereocenters. The van der Waals surface area contributed by atoms with Gasteiger partial charge >= 0.3 is 5.97 Å². The van der Waals surface area contributed by atoms with Crippen molar-refractivity contribution in [1.29, 1.82) is 0 Å². The van der Waals surface area contributed by atoms with Crippen LogP contribution in [0.2, 0.25) is 0 Å². The summed E-state index contributed by atoms with van der Waals surface area (Å²) in [5.74, 6) is -0.339. The maximum absolute atomic E-state index is 11.4. The molecule has 72 valence electrons. The smallest absolute Gasteiger partial charge is 0.316 e. The van der Waals surface area contributed by atoms with Crippen molar-refractivity contribution in [1.82, 2.24) is 0 Å². The van der Waals surface area contributed by atoms with Gasteiger partial charge in [0.1, 0.15) is 5.92 Å². The van der Waals surface area contributed by atoms with Crippen LogP contribution in [0.15, 0.2) is 0 Å². The Hall–Kier alpha value is -1.04. The molecule has 1 aliphatic carbocycles. The fourth-order valence-electron chi connectivity index (χ4n) is 1.79. The first-order valence-corrected chi connectivity index (χ1v) is 4.82. The topological polar surface area (TPSA) is 30.7 Å². The molecule has 1 saturated carbocycles. The van der Waals surface area contributed by atoms with Gasteiger partial charge in [-0.2, -0.15) is 0 Å². The van der Waals surface area contributed by atoms with Crippen LogP contribution in [0, 0.1) is 12.5 Å². The zero-order chi connectivity index (χ0) is 9.68. The minimum atomic E-state index is -0.178. The van der Waals surface area contributed by atoms with Gasteiger partial charge in [-0.1, -0.05) is 6.42 Å². The number of esters is 1. The molecular formula is C10H15NO2. The fraction of sp³-hybridized carbons (Fsp3) is 0.800. The number of hydrogen-bond donors (Lipinski definition) is 0. The summed E-state index contributed by atoms with van der Waals surface area (Å²) in [6, 6.07) is -0.132. The molecule has 13 heavy (non-hydrogen) atoms. The van der Waals surface area contributed by atoms with Gasteiger partial charge in [-0.25, -0.2) is 6.57 Å². The first kappa shape index (κ1) is 10.0. The molecule has 0 bridgehead atoms. The van der Waals surface area contributed by atoms with Crippen molar-refractivity contribution in [2.75, 3.05) is 6.61 Å². The second-order valence-electron chi connectivity index (χ2n) is 3.34. The summed E-state index contributed by atoms with van der Waals surface area (Å²) in [5.41, 5.74) is 0. The van der Waals surface area contributed by atoms with E-state index in [2.05, 4.69) is 4.85 Å². The molecule has 0 spiro atoms. The predicted octanol–water partition coefficient (Wildman–Crippen LogP) is 2.03. The van der Waals surface area contributed by atoms with E-state index < -0.39 is 0 Å². The molecule has 0 aliphatic heterocycles. The monoisotopic (exact) mass is 181 g/mol. The average molecular weight is 181 g/mol. The van der Waals surface area contributed by atoms with Gasteiger partial charge in [0.25, 0.3) is 0 Å². The lowest BCUT2D eigenvalue weighted by atomic mass is 9.85. The van der Waals surface area contributed by atoms with Crippen LogP contribution in [0.5, 0.6) is 0 Å². The molecule has 1 fully saturated rings. The van der Waals surface area contributed by atoms with Crippen LogP contribution < -0.4 is 0 Å². The highest BCUT2D eigenvalue weighted by Crippen LogP contribution is 2.27. The van der Waals surface area contributed by atoms with Crippen LogP contribution in [0.4, 0.5) is 0 Å². The van der Waals surface area contributed by atoms with Crippen molar-refractivity contribution >= 4 is 5.97 Å². The summed E-state index contributed by atoms with van der Waals surface area (Å²) >= 11 is 0. The zero-order valence-electron chi connectivity index (χ0n) is 7.95. The molecule has 0 amide bonds. The minimum Gasteiger partial charge on any atom is -0.466 e. The number of carbonyl (C=O) groups is 1. The summed E-state index contributed by atoms with van der Waals surface area (Å²) in [6.45, 7) is 9.19. The Kier molecular flexibility index (Phi) is 3.75. The largest absolute Gasteiger partial charge is 0.466 e. The number of carbonyl (C=O) groups excluding carboxylic acids is 1.